The van der Waals surface area contributed by atoms with E-state index in [1.807, 2.05) is 0 Å². The van der Waals surface area contributed by atoms with E-state index in [1.165, 1.54) is 0 Å². The fourth-order valence-electron chi connectivity index (χ4n) is 0.862. The molecular formula is C10H23NO. The van der Waals surface area contributed by atoms with Gasteiger partial charge in [-0.3, -0.25) is 0 Å². The Morgan fingerprint density at radius 1 is 1.25 bits per heavy atom. The molecule has 2 N–H and O–H groups in total. The van der Waals surface area contributed by atoms with E-state index in [9.17, 15) is 0 Å². The standard InChI is InChI=1S/C10H23NO/c1-9(10(2,3)4)11-7-5-6-8-12/h9,11-12H,5-8H2,1-4H3. The number of rotatable bonds is 5. The highest BCUT2D eigenvalue weighted by atomic mass is 16.2. The SMILES string of the molecule is CC(NCCCCO)C(C)(C)C. The van der Waals surface area contributed by atoms with Crippen molar-refractivity contribution in [2.75, 3.05) is 13.2 Å². The topological polar surface area (TPSA) is 32.3 Å². The molecule has 0 aliphatic carbocycles. The molecule has 0 saturated carbocycles. The van der Waals surface area contributed by atoms with Crippen molar-refractivity contribution in [1.29, 1.82) is 0 Å². The fourth-order valence-corrected chi connectivity index (χ4v) is 0.862. The van der Waals surface area contributed by atoms with Crippen LogP contribution in [0.4, 0.5) is 0 Å². The van der Waals surface area contributed by atoms with E-state index < -0.39 is 0 Å². The van der Waals surface area contributed by atoms with Crippen molar-refractivity contribution < 1.29 is 5.11 Å². The van der Waals surface area contributed by atoms with Gasteiger partial charge in [-0.1, -0.05) is 20.8 Å². The van der Waals surface area contributed by atoms with Gasteiger partial charge in [-0.25, -0.2) is 0 Å². The molecule has 0 aromatic heterocycles. The molecule has 0 aliphatic heterocycles. The zero-order valence-corrected chi connectivity index (χ0v) is 8.85. The lowest BCUT2D eigenvalue weighted by molar-refractivity contribution is 0.266. The average molecular weight is 173 g/mol. The molecule has 0 aromatic rings. The molecule has 0 fully saturated rings. The summed E-state index contributed by atoms with van der Waals surface area (Å²) in [5.74, 6) is 0. The summed E-state index contributed by atoms with van der Waals surface area (Å²) in [6.45, 7) is 10.2. The zero-order chi connectivity index (χ0) is 9.61. The highest BCUT2D eigenvalue weighted by Crippen LogP contribution is 2.18. The average Bonchev–Trinajstić information content (AvgIpc) is 1.96. The molecule has 0 saturated heterocycles. The van der Waals surface area contributed by atoms with Crippen LogP contribution in [0.5, 0.6) is 0 Å². The van der Waals surface area contributed by atoms with Crippen LogP contribution in [0.2, 0.25) is 0 Å². The Balaban J connectivity index is 3.38. The minimum Gasteiger partial charge on any atom is -0.396 e. The molecule has 74 valence electrons. The molecule has 2 heteroatoms. The molecule has 0 amide bonds. The van der Waals surface area contributed by atoms with E-state index >= 15 is 0 Å². The first kappa shape index (κ1) is 11.9. The third-order valence-corrected chi connectivity index (χ3v) is 2.33. The lowest BCUT2D eigenvalue weighted by Gasteiger charge is -2.28. The van der Waals surface area contributed by atoms with Crippen LogP contribution in [0.25, 0.3) is 0 Å². The normalized spacial score (nSPS) is 14.8. The number of aliphatic hydroxyl groups is 1. The molecule has 0 heterocycles. The van der Waals surface area contributed by atoms with Crippen molar-refractivity contribution >= 4 is 0 Å². The molecule has 0 radical (unpaired) electrons. The van der Waals surface area contributed by atoms with Crippen LogP contribution in [0.1, 0.15) is 40.5 Å². The lowest BCUT2D eigenvalue weighted by Crippen LogP contribution is -2.38. The van der Waals surface area contributed by atoms with Crippen LogP contribution in [-0.2, 0) is 0 Å². The monoisotopic (exact) mass is 173 g/mol. The van der Waals surface area contributed by atoms with Gasteiger partial charge in [0.05, 0.1) is 0 Å². The second kappa shape index (κ2) is 5.55. The molecule has 0 aliphatic rings. The van der Waals surface area contributed by atoms with Crippen molar-refractivity contribution in [3.05, 3.63) is 0 Å². The van der Waals surface area contributed by atoms with E-state index in [1.54, 1.807) is 0 Å². The van der Waals surface area contributed by atoms with Gasteiger partial charge in [-0.2, -0.15) is 0 Å². The minimum atomic E-state index is 0.311. The summed E-state index contributed by atoms with van der Waals surface area (Å²) in [5, 5.41) is 12.0. The molecule has 0 aromatic carbocycles. The third-order valence-electron chi connectivity index (χ3n) is 2.33. The van der Waals surface area contributed by atoms with Gasteiger partial charge in [0.1, 0.15) is 0 Å². The van der Waals surface area contributed by atoms with Gasteiger partial charge in [-0.05, 0) is 31.7 Å². The van der Waals surface area contributed by atoms with E-state index in [-0.39, 0.29) is 0 Å². The van der Waals surface area contributed by atoms with Crippen molar-refractivity contribution in [1.82, 2.24) is 5.32 Å². The summed E-state index contributed by atoms with van der Waals surface area (Å²) in [4.78, 5) is 0. The molecular weight excluding hydrogens is 150 g/mol. The zero-order valence-electron chi connectivity index (χ0n) is 8.85. The smallest absolute Gasteiger partial charge is 0.0431 e. The first-order chi connectivity index (χ1) is 5.48. The molecule has 1 unspecified atom stereocenters. The quantitative estimate of drug-likeness (QED) is 0.621. The maximum atomic E-state index is 8.56. The summed E-state index contributed by atoms with van der Waals surface area (Å²) in [6, 6.07) is 0.538. The number of hydrogen-bond donors (Lipinski definition) is 2. The summed E-state index contributed by atoms with van der Waals surface area (Å²) in [6.07, 6.45) is 1.97. The number of hydrogen-bond acceptors (Lipinski definition) is 2. The predicted octanol–water partition coefficient (Wildman–Crippen LogP) is 1.78. The van der Waals surface area contributed by atoms with Crippen molar-refractivity contribution in [3.8, 4) is 0 Å². The van der Waals surface area contributed by atoms with Gasteiger partial charge in [0, 0.05) is 12.6 Å². The van der Waals surface area contributed by atoms with Crippen LogP contribution in [0, 0.1) is 5.41 Å². The van der Waals surface area contributed by atoms with Gasteiger partial charge >= 0.3 is 0 Å². The largest absolute Gasteiger partial charge is 0.396 e. The van der Waals surface area contributed by atoms with Crippen molar-refractivity contribution in [2.45, 2.75) is 46.6 Å². The Bertz CT molecular complexity index is 107. The first-order valence-electron chi connectivity index (χ1n) is 4.82. The summed E-state index contributed by atoms with van der Waals surface area (Å²) in [5.41, 5.74) is 0.333. The fraction of sp³-hybridized carbons (Fsp3) is 1.00. The van der Waals surface area contributed by atoms with Gasteiger partial charge in [0.2, 0.25) is 0 Å². The van der Waals surface area contributed by atoms with Crippen LogP contribution in [-0.4, -0.2) is 24.3 Å². The van der Waals surface area contributed by atoms with Gasteiger partial charge in [0.15, 0.2) is 0 Å². The van der Waals surface area contributed by atoms with Crippen LogP contribution in [0.3, 0.4) is 0 Å². The highest BCUT2D eigenvalue weighted by Gasteiger charge is 2.18. The number of unbranched alkanes of at least 4 members (excludes halogenated alkanes) is 1. The van der Waals surface area contributed by atoms with E-state index in [0.29, 0.717) is 18.1 Å². The molecule has 0 rings (SSSR count). The lowest BCUT2D eigenvalue weighted by atomic mass is 9.88. The second-order valence-corrected chi connectivity index (χ2v) is 4.47. The first-order valence-corrected chi connectivity index (χ1v) is 4.82. The van der Waals surface area contributed by atoms with Crippen molar-refractivity contribution in [3.63, 3.8) is 0 Å². The van der Waals surface area contributed by atoms with E-state index in [4.69, 9.17) is 5.11 Å². The van der Waals surface area contributed by atoms with Gasteiger partial charge in [0.25, 0.3) is 0 Å². The Morgan fingerprint density at radius 2 is 1.83 bits per heavy atom. The summed E-state index contributed by atoms with van der Waals surface area (Å²) >= 11 is 0. The molecule has 1 atom stereocenters. The van der Waals surface area contributed by atoms with Gasteiger partial charge in [-0.15, -0.1) is 0 Å². The summed E-state index contributed by atoms with van der Waals surface area (Å²) in [7, 11) is 0. The molecule has 0 bridgehead atoms. The predicted molar refractivity (Wildman–Crippen MR) is 53.2 cm³/mol. The van der Waals surface area contributed by atoms with Crippen molar-refractivity contribution in [2.24, 2.45) is 5.41 Å². The Labute approximate surface area is 76.4 Å². The van der Waals surface area contributed by atoms with E-state index in [2.05, 4.69) is 33.0 Å². The Morgan fingerprint density at radius 3 is 2.25 bits per heavy atom. The maximum absolute atomic E-state index is 8.56. The summed E-state index contributed by atoms with van der Waals surface area (Å²) < 4.78 is 0. The number of aliphatic hydroxyl groups excluding tert-OH is 1. The highest BCUT2D eigenvalue weighted by molar-refractivity contribution is 4.75. The van der Waals surface area contributed by atoms with Crippen LogP contribution in [0.15, 0.2) is 0 Å². The van der Waals surface area contributed by atoms with Gasteiger partial charge < -0.3 is 10.4 Å². The molecule has 0 spiro atoms. The maximum Gasteiger partial charge on any atom is 0.0431 e. The molecule has 12 heavy (non-hydrogen) atoms. The third kappa shape index (κ3) is 5.56. The number of nitrogens with one attached hydrogen (secondary N) is 1. The van der Waals surface area contributed by atoms with Crippen LogP contribution >= 0.6 is 0 Å². The minimum absolute atomic E-state index is 0.311. The second-order valence-electron chi connectivity index (χ2n) is 4.47. The Hall–Kier alpha value is -0.0800. The van der Waals surface area contributed by atoms with E-state index in [0.717, 1.165) is 19.4 Å². The Kier molecular flexibility index (Phi) is 5.51. The molecule has 2 nitrogen and oxygen atoms in total. The van der Waals surface area contributed by atoms with Crippen LogP contribution < -0.4 is 5.32 Å².